The Morgan fingerprint density at radius 3 is 1.57 bits per heavy atom. The van der Waals surface area contributed by atoms with Crippen molar-refractivity contribution in [2.45, 2.75) is 174 Å². The summed E-state index contributed by atoms with van der Waals surface area (Å²) in [5.74, 6) is -2.40. The second kappa shape index (κ2) is 33.1. The van der Waals surface area contributed by atoms with Gasteiger partial charge in [-0.2, -0.15) is 0 Å². The van der Waals surface area contributed by atoms with Crippen molar-refractivity contribution in [3.63, 3.8) is 0 Å². The summed E-state index contributed by atoms with van der Waals surface area (Å²) in [5.41, 5.74) is 5.31. The van der Waals surface area contributed by atoms with Crippen molar-refractivity contribution in [3.8, 4) is 0 Å². The molecule has 0 fully saturated rings. The number of allylic oxidation sites excluding steroid dienone is 4. The third-order valence-electron chi connectivity index (χ3n) is 7.98. The predicted molar refractivity (Wildman–Crippen MR) is 194 cm³/mol. The van der Waals surface area contributed by atoms with Gasteiger partial charge in [0.15, 0.2) is 6.10 Å². The second-order valence-electron chi connectivity index (χ2n) is 12.7. The van der Waals surface area contributed by atoms with E-state index in [0.717, 1.165) is 57.8 Å². The molecule has 0 saturated heterocycles. The number of hydrogen-bond acceptors (Lipinski definition) is 9. The molecule has 286 valence electrons. The topological polar surface area (TPSA) is 172 Å². The van der Waals surface area contributed by atoms with Crippen LogP contribution in [-0.2, 0) is 37.5 Å². The molecule has 0 aliphatic heterocycles. The highest BCUT2D eigenvalue weighted by Crippen LogP contribution is 2.43. The van der Waals surface area contributed by atoms with E-state index >= 15 is 0 Å². The Labute approximate surface area is 296 Å². The molecule has 0 aromatic heterocycles. The van der Waals surface area contributed by atoms with E-state index in [0.29, 0.717) is 12.8 Å². The highest BCUT2D eigenvalue weighted by molar-refractivity contribution is 7.47. The van der Waals surface area contributed by atoms with E-state index in [-0.39, 0.29) is 19.4 Å². The average molecular weight is 718 g/mol. The van der Waals surface area contributed by atoms with Gasteiger partial charge in [0.25, 0.3) is 0 Å². The lowest BCUT2D eigenvalue weighted by atomic mass is 10.1. The first-order chi connectivity index (χ1) is 23.6. The summed E-state index contributed by atoms with van der Waals surface area (Å²) in [6.07, 6.45) is 31.1. The lowest BCUT2D eigenvalue weighted by Crippen LogP contribution is -2.34. The summed E-state index contributed by atoms with van der Waals surface area (Å²) < 4.78 is 32.5. The van der Waals surface area contributed by atoms with Crippen LogP contribution < -0.4 is 5.73 Å². The maximum atomic E-state index is 12.5. The van der Waals surface area contributed by atoms with Crippen LogP contribution in [-0.4, -0.2) is 59.9 Å². The molecule has 0 aromatic carbocycles. The van der Waals surface area contributed by atoms with E-state index in [2.05, 4.69) is 42.7 Å². The van der Waals surface area contributed by atoms with E-state index in [1.807, 2.05) is 0 Å². The molecule has 0 bridgehead atoms. The average Bonchev–Trinajstić information content (AvgIpc) is 3.07. The summed E-state index contributed by atoms with van der Waals surface area (Å²) in [6, 6.07) is -1.52. The molecule has 4 N–H and O–H groups in total. The number of phosphoric acid groups is 1. The van der Waals surface area contributed by atoms with Gasteiger partial charge in [0.1, 0.15) is 12.6 Å². The molecule has 0 aliphatic carbocycles. The normalized spacial score (nSPS) is 14.2. The molecular weight excluding hydrogens is 649 g/mol. The van der Waals surface area contributed by atoms with Crippen LogP contribution in [0.2, 0.25) is 0 Å². The number of carbonyl (C=O) groups is 3. The first kappa shape index (κ1) is 47.0. The third kappa shape index (κ3) is 32.9. The highest BCUT2D eigenvalue weighted by atomic mass is 31.2. The lowest BCUT2D eigenvalue weighted by Gasteiger charge is -2.20. The number of nitrogens with two attached hydrogens (primary N) is 1. The molecule has 49 heavy (non-hydrogen) atoms. The molecule has 11 nitrogen and oxygen atoms in total. The molecule has 0 aromatic rings. The van der Waals surface area contributed by atoms with E-state index in [4.69, 9.17) is 24.8 Å². The number of carbonyl (C=O) groups excluding carboxylic acids is 2. The summed E-state index contributed by atoms with van der Waals surface area (Å²) in [6.45, 7) is 2.73. The van der Waals surface area contributed by atoms with Crippen LogP contribution in [0.15, 0.2) is 24.3 Å². The quantitative estimate of drug-likeness (QED) is 0.0247. The van der Waals surface area contributed by atoms with Crippen LogP contribution in [0.3, 0.4) is 0 Å². The zero-order chi connectivity index (χ0) is 36.4. The number of rotatable bonds is 35. The van der Waals surface area contributed by atoms with Crippen LogP contribution in [0.25, 0.3) is 0 Å². The van der Waals surface area contributed by atoms with Crippen molar-refractivity contribution in [1.29, 1.82) is 0 Å². The minimum absolute atomic E-state index is 0.146. The van der Waals surface area contributed by atoms with Gasteiger partial charge in [0, 0.05) is 12.8 Å². The van der Waals surface area contributed by atoms with Gasteiger partial charge in [0.05, 0.1) is 13.2 Å². The van der Waals surface area contributed by atoms with Crippen molar-refractivity contribution in [1.82, 2.24) is 0 Å². The number of aliphatic carboxylic acids is 1. The smallest absolute Gasteiger partial charge is 0.472 e. The van der Waals surface area contributed by atoms with Crippen molar-refractivity contribution in [2.24, 2.45) is 5.73 Å². The Morgan fingerprint density at radius 2 is 1.06 bits per heavy atom. The van der Waals surface area contributed by atoms with Crippen molar-refractivity contribution < 1.29 is 47.5 Å². The number of ether oxygens (including phenoxy) is 2. The summed E-state index contributed by atoms with van der Waals surface area (Å²) in [5, 5.41) is 8.85. The molecule has 0 heterocycles. The minimum Gasteiger partial charge on any atom is -0.480 e. The van der Waals surface area contributed by atoms with Gasteiger partial charge in [-0.25, -0.2) is 4.57 Å². The van der Waals surface area contributed by atoms with E-state index in [9.17, 15) is 23.8 Å². The second-order valence-corrected chi connectivity index (χ2v) is 14.2. The molecule has 0 amide bonds. The number of unbranched alkanes of at least 4 members (excludes halogenated alkanes) is 18. The van der Waals surface area contributed by atoms with E-state index in [1.54, 1.807) is 0 Å². The molecular formula is C37H68NO10P. The number of phosphoric ester groups is 1. The fraction of sp³-hybridized carbons (Fsp3) is 0.811. The Kier molecular flexibility index (Phi) is 31.7. The Hall–Kier alpha value is -2.04. The number of carboxylic acids is 1. The van der Waals surface area contributed by atoms with Gasteiger partial charge < -0.3 is 25.2 Å². The molecule has 0 saturated carbocycles. The monoisotopic (exact) mass is 717 g/mol. The van der Waals surface area contributed by atoms with Gasteiger partial charge in [-0.05, 0) is 38.5 Å². The molecule has 0 spiro atoms. The van der Waals surface area contributed by atoms with Gasteiger partial charge in [-0.15, -0.1) is 0 Å². The minimum atomic E-state index is -4.71. The Morgan fingerprint density at radius 1 is 0.633 bits per heavy atom. The summed E-state index contributed by atoms with van der Waals surface area (Å²) >= 11 is 0. The van der Waals surface area contributed by atoms with Crippen molar-refractivity contribution in [2.75, 3.05) is 19.8 Å². The molecule has 12 heteroatoms. The van der Waals surface area contributed by atoms with Crippen LogP contribution in [0, 0.1) is 0 Å². The standard InChI is InChI=1S/C37H68NO10P/c1-3-5-7-9-11-13-15-16-17-18-19-21-23-25-27-29-36(40)48-33(31-46-49(43,44)47-32-34(38)37(41)42)30-45-35(39)28-26-24-22-20-14-12-10-8-6-4-2/h13,15-17,33-34H,3-12,14,18-32,38H2,1-2H3,(H,41,42)(H,43,44)/b15-13+,17-16+/t33-,34+/m1/s1. The maximum absolute atomic E-state index is 12.5. The fourth-order valence-corrected chi connectivity index (χ4v) is 5.71. The largest absolute Gasteiger partial charge is 0.480 e. The van der Waals surface area contributed by atoms with Gasteiger partial charge in [-0.3, -0.25) is 23.4 Å². The molecule has 3 atom stereocenters. The van der Waals surface area contributed by atoms with Gasteiger partial charge >= 0.3 is 25.7 Å². The maximum Gasteiger partial charge on any atom is 0.472 e. The van der Waals surface area contributed by atoms with Crippen LogP contribution in [0.5, 0.6) is 0 Å². The molecule has 1 unspecified atom stereocenters. The molecule has 0 rings (SSSR count). The first-order valence-electron chi connectivity index (χ1n) is 18.9. The van der Waals surface area contributed by atoms with Crippen LogP contribution in [0.1, 0.15) is 162 Å². The molecule has 0 aliphatic rings. The van der Waals surface area contributed by atoms with E-state index in [1.165, 1.54) is 64.2 Å². The first-order valence-corrected chi connectivity index (χ1v) is 20.4. The lowest BCUT2D eigenvalue weighted by molar-refractivity contribution is -0.161. The fourth-order valence-electron chi connectivity index (χ4n) is 4.94. The number of esters is 2. The van der Waals surface area contributed by atoms with E-state index < -0.39 is 51.1 Å². The highest BCUT2D eigenvalue weighted by Gasteiger charge is 2.28. The SMILES string of the molecule is CCCCCC/C=C/C=C/CCCCCCCC(=O)O[C@H](COC(=O)CCCCCCCCCCCC)COP(=O)(O)OC[C@H](N)C(=O)O. The Balaban J connectivity index is 4.47. The predicted octanol–water partition coefficient (Wildman–Crippen LogP) is 9.11. The summed E-state index contributed by atoms with van der Waals surface area (Å²) in [7, 11) is -4.71. The van der Waals surface area contributed by atoms with Crippen LogP contribution in [0.4, 0.5) is 0 Å². The summed E-state index contributed by atoms with van der Waals surface area (Å²) in [4.78, 5) is 45.7. The zero-order valence-corrected chi connectivity index (χ0v) is 31.4. The third-order valence-corrected chi connectivity index (χ3v) is 8.93. The van der Waals surface area contributed by atoms with Crippen molar-refractivity contribution >= 4 is 25.7 Å². The van der Waals surface area contributed by atoms with Gasteiger partial charge in [0.2, 0.25) is 0 Å². The molecule has 0 radical (unpaired) electrons. The zero-order valence-electron chi connectivity index (χ0n) is 30.5. The van der Waals surface area contributed by atoms with Gasteiger partial charge in [-0.1, -0.05) is 134 Å². The van der Waals surface area contributed by atoms with Crippen molar-refractivity contribution in [3.05, 3.63) is 24.3 Å². The van der Waals surface area contributed by atoms with Crippen LogP contribution >= 0.6 is 7.82 Å². The Bertz CT molecular complexity index is 942. The number of hydrogen-bond donors (Lipinski definition) is 3. The number of carboxylic acid groups (broad SMARTS) is 1.